The third-order valence-corrected chi connectivity index (χ3v) is 3.97. The number of hydrogen-bond donors (Lipinski definition) is 0. The molecule has 0 aromatic heterocycles. The highest BCUT2D eigenvalue weighted by atomic mass is 32.2. The van der Waals surface area contributed by atoms with E-state index in [4.69, 9.17) is 4.74 Å². The monoisotopic (exact) mass is 282 g/mol. The van der Waals surface area contributed by atoms with Gasteiger partial charge in [0, 0.05) is 12.6 Å². The Labute approximate surface area is 111 Å². The number of likely N-dealkylation sites (N-methyl/N-ethyl adjacent to an activating group) is 1. The molecule has 0 saturated carbocycles. The zero-order valence-corrected chi connectivity index (χ0v) is 11.5. The van der Waals surface area contributed by atoms with Crippen LogP contribution in [0.4, 0.5) is 0 Å². The fourth-order valence-corrected chi connectivity index (χ4v) is 3.09. The summed E-state index contributed by atoms with van der Waals surface area (Å²) < 4.78 is 32.2. The predicted molar refractivity (Wildman–Crippen MR) is 69.4 cm³/mol. The average Bonchev–Trinajstić information content (AvgIpc) is 2.63. The maximum absolute atomic E-state index is 11.8. The molecule has 0 N–H and O–H groups in total. The van der Waals surface area contributed by atoms with Crippen molar-refractivity contribution in [2.75, 3.05) is 20.2 Å². The molecule has 0 atom stereocenters. The van der Waals surface area contributed by atoms with E-state index in [1.165, 1.54) is 11.0 Å². The Morgan fingerprint density at radius 3 is 2.74 bits per heavy atom. The molecule has 0 saturated heterocycles. The molecule has 19 heavy (non-hydrogen) atoms. The van der Waals surface area contributed by atoms with Crippen LogP contribution in [0.5, 0.6) is 0 Å². The fraction of sp³-hybridized carbons (Fsp3) is 0.333. The van der Waals surface area contributed by atoms with Gasteiger partial charge in [-0.25, -0.2) is 0 Å². The highest BCUT2D eigenvalue weighted by Gasteiger charge is 2.30. The molecule has 0 unspecified atom stereocenters. The Hall–Kier alpha value is -1.89. The summed E-state index contributed by atoms with van der Waals surface area (Å²) in [5.41, 5.74) is 0.509. The maximum Gasteiger partial charge on any atom is 0.325 e. The van der Waals surface area contributed by atoms with Gasteiger partial charge >= 0.3 is 5.97 Å². The molecule has 102 valence electrons. The highest BCUT2D eigenvalue weighted by Crippen LogP contribution is 2.26. The van der Waals surface area contributed by atoms with Crippen LogP contribution in [0.1, 0.15) is 12.5 Å². The van der Waals surface area contributed by atoms with Crippen molar-refractivity contribution >= 4 is 21.8 Å². The van der Waals surface area contributed by atoms with Gasteiger partial charge in [0.2, 0.25) is 0 Å². The average molecular weight is 282 g/mol. The number of carbonyl (C=O) groups is 1. The SMILES string of the molecule is CCOC(=O)CN(C)C1=NS(=O)(=O)c2ccccc21. The lowest BCUT2D eigenvalue weighted by molar-refractivity contribution is -0.143. The third-order valence-electron chi connectivity index (χ3n) is 2.65. The normalized spacial score (nSPS) is 15.6. The lowest BCUT2D eigenvalue weighted by atomic mass is 10.2. The lowest BCUT2D eigenvalue weighted by Gasteiger charge is -2.17. The topological polar surface area (TPSA) is 76.0 Å². The zero-order valence-electron chi connectivity index (χ0n) is 10.7. The number of hydrogen-bond acceptors (Lipinski definition) is 5. The van der Waals surface area contributed by atoms with E-state index in [1.807, 2.05) is 0 Å². The van der Waals surface area contributed by atoms with Crippen molar-refractivity contribution in [3.05, 3.63) is 29.8 Å². The Morgan fingerprint density at radius 1 is 1.37 bits per heavy atom. The summed E-state index contributed by atoms with van der Waals surface area (Å²) in [6.45, 7) is 1.95. The molecule has 1 aliphatic heterocycles. The van der Waals surface area contributed by atoms with E-state index in [-0.39, 0.29) is 23.9 Å². The molecule has 0 bridgehead atoms. The van der Waals surface area contributed by atoms with Crippen molar-refractivity contribution in [1.29, 1.82) is 0 Å². The van der Waals surface area contributed by atoms with Gasteiger partial charge in [-0.2, -0.15) is 8.42 Å². The summed E-state index contributed by atoms with van der Waals surface area (Å²) in [4.78, 5) is 13.1. The number of nitrogens with zero attached hydrogens (tertiary/aromatic N) is 2. The zero-order chi connectivity index (χ0) is 14.0. The molecule has 7 heteroatoms. The number of esters is 1. The number of rotatable bonds is 3. The van der Waals surface area contributed by atoms with Crippen LogP contribution >= 0.6 is 0 Å². The number of sulfonamides is 1. The standard InChI is InChI=1S/C12H14N2O4S/c1-3-18-11(15)8-14(2)12-9-6-4-5-7-10(9)19(16,17)13-12/h4-7H,3,8H2,1-2H3. The summed E-state index contributed by atoms with van der Waals surface area (Å²) >= 11 is 0. The van der Waals surface area contributed by atoms with Crippen molar-refractivity contribution in [1.82, 2.24) is 4.90 Å². The number of carbonyl (C=O) groups excluding carboxylic acids is 1. The second kappa shape index (κ2) is 5.00. The summed E-state index contributed by atoms with van der Waals surface area (Å²) in [5.74, 6) is -0.155. The Morgan fingerprint density at radius 2 is 2.05 bits per heavy atom. The van der Waals surface area contributed by atoms with E-state index in [0.717, 1.165) is 0 Å². The number of fused-ring (bicyclic) bond motifs is 1. The molecular weight excluding hydrogens is 268 g/mol. The van der Waals surface area contributed by atoms with Crippen LogP contribution in [-0.2, 0) is 19.6 Å². The first-order chi connectivity index (χ1) is 8.95. The van der Waals surface area contributed by atoms with Gasteiger partial charge in [-0.1, -0.05) is 12.1 Å². The van der Waals surface area contributed by atoms with Crippen LogP contribution in [0.3, 0.4) is 0 Å². The molecule has 1 aromatic carbocycles. The van der Waals surface area contributed by atoms with E-state index in [9.17, 15) is 13.2 Å². The van der Waals surface area contributed by atoms with Crippen molar-refractivity contribution in [2.45, 2.75) is 11.8 Å². The minimum absolute atomic E-state index is 0.0451. The predicted octanol–water partition coefficient (Wildman–Crippen LogP) is 0.630. The largest absolute Gasteiger partial charge is 0.465 e. The molecule has 0 radical (unpaired) electrons. The van der Waals surface area contributed by atoms with Crippen LogP contribution in [0.25, 0.3) is 0 Å². The minimum Gasteiger partial charge on any atom is -0.465 e. The smallest absolute Gasteiger partial charge is 0.325 e. The summed E-state index contributed by atoms with van der Waals surface area (Å²) in [6.07, 6.45) is 0. The van der Waals surface area contributed by atoms with Crippen molar-refractivity contribution < 1.29 is 17.9 Å². The second-order valence-electron chi connectivity index (χ2n) is 4.05. The maximum atomic E-state index is 11.8. The van der Waals surface area contributed by atoms with Crippen LogP contribution in [0.2, 0.25) is 0 Å². The molecule has 1 heterocycles. The molecule has 1 aliphatic rings. The molecular formula is C12H14N2O4S. The van der Waals surface area contributed by atoms with Gasteiger partial charge in [-0.3, -0.25) is 4.79 Å². The first-order valence-corrected chi connectivity index (χ1v) is 7.21. The highest BCUT2D eigenvalue weighted by molar-refractivity contribution is 7.90. The number of amidine groups is 1. The van der Waals surface area contributed by atoms with Crippen LogP contribution < -0.4 is 0 Å². The van der Waals surface area contributed by atoms with Gasteiger partial charge in [-0.15, -0.1) is 4.40 Å². The lowest BCUT2D eigenvalue weighted by Crippen LogP contribution is -2.32. The molecule has 0 spiro atoms. The van der Waals surface area contributed by atoms with Crippen LogP contribution in [-0.4, -0.2) is 45.3 Å². The van der Waals surface area contributed by atoms with E-state index < -0.39 is 16.0 Å². The second-order valence-corrected chi connectivity index (χ2v) is 5.62. The van der Waals surface area contributed by atoms with Gasteiger partial charge in [0.25, 0.3) is 10.0 Å². The molecule has 6 nitrogen and oxygen atoms in total. The fourth-order valence-electron chi connectivity index (χ4n) is 1.84. The van der Waals surface area contributed by atoms with Gasteiger partial charge in [0.05, 0.1) is 6.61 Å². The molecule has 2 rings (SSSR count). The summed E-state index contributed by atoms with van der Waals surface area (Å²) in [7, 11) is -2.05. The minimum atomic E-state index is -3.65. The molecule has 0 amide bonds. The summed E-state index contributed by atoms with van der Waals surface area (Å²) in [5, 5.41) is 0. The number of ether oxygens (including phenoxy) is 1. The van der Waals surface area contributed by atoms with Crippen LogP contribution in [0.15, 0.2) is 33.6 Å². The van der Waals surface area contributed by atoms with Gasteiger partial charge in [0.15, 0.2) is 5.84 Å². The molecule has 0 aliphatic carbocycles. The Bertz CT molecular complexity index is 637. The molecule has 1 aromatic rings. The van der Waals surface area contributed by atoms with Gasteiger partial charge in [0.1, 0.15) is 11.4 Å². The van der Waals surface area contributed by atoms with Crippen molar-refractivity contribution in [2.24, 2.45) is 4.40 Å². The first-order valence-electron chi connectivity index (χ1n) is 5.77. The van der Waals surface area contributed by atoms with Crippen molar-refractivity contribution in [3.8, 4) is 0 Å². The first kappa shape index (κ1) is 13.5. The third kappa shape index (κ3) is 2.60. The number of benzene rings is 1. The van der Waals surface area contributed by atoms with Crippen LogP contribution in [0, 0.1) is 0 Å². The Kier molecular flexibility index (Phi) is 3.57. The quantitative estimate of drug-likeness (QED) is 0.760. The van der Waals surface area contributed by atoms with E-state index >= 15 is 0 Å². The van der Waals surface area contributed by atoms with E-state index in [0.29, 0.717) is 5.56 Å². The van der Waals surface area contributed by atoms with E-state index in [1.54, 1.807) is 32.2 Å². The Balaban J connectivity index is 2.29. The van der Waals surface area contributed by atoms with Gasteiger partial charge in [-0.05, 0) is 19.1 Å². The van der Waals surface area contributed by atoms with E-state index in [2.05, 4.69) is 4.40 Å². The van der Waals surface area contributed by atoms with Crippen molar-refractivity contribution in [3.63, 3.8) is 0 Å². The van der Waals surface area contributed by atoms with Gasteiger partial charge < -0.3 is 9.64 Å². The summed E-state index contributed by atoms with van der Waals surface area (Å²) in [6, 6.07) is 6.54. The molecule has 0 fully saturated rings.